The van der Waals surface area contributed by atoms with Gasteiger partial charge < -0.3 is 19.3 Å². The molecule has 1 saturated heterocycles. The lowest BCUT2D eigenvalue weighted by Gasteiger charge is -2.36. The van der Waals surface area contributed by atoms with Crippen molar-refractivity contribution >= 4 is 27.9 Å². The molecule has 1 aliphatic heterocycles. The number of nitrogens with zero attached hydrogens (tertiary/aromatic N) is 2. The Morgan fingerprint density at radius 2 is 1.93 bits per heavy atom. The first-order valence-corrected chi connectivity index (χ1v) is 10.5. The van der Waals surface area contributed by atoms with Crippen molar-refractivity contribution in [1.29, 1.82) is 0 Å². The minimum Gasteiger partial charge on any atom is -0.481 e. The van der Waals surface area contributed by atoms with Gasteiger partial charge in [0.15, 0.2) is 6.10 Å². The Balaban J connectivity index is 1.88. The van der Waals surface area contributed by atoms with Crippen molar-refractivity contribution in [3.05, 3.63) is 28.7 Å². The summed E-state index contributed by atoms with van der Waals surface area (Å²) < 4.78 is 12.2. The van der Waals surface area contributed by atoms with Gasteiger partial charge in [0, 0.05) is 31.2 Å². The van der Waals surface area contributed by atoms with E-state index in [1.54, 1.807) is 18.9 Å². The van der Waals surface area contributed by atoms with Gasteiger partial charge in [-0.25, -0.2) is 4.79 Å². The third-order valence-corrected chi connectivity index (χ3v) is 5.07. The van der Waals surface area contributed by atoms with Crippen LogP contribution in [0.2, 0.25) is 0 Å². The van der Waals surface area contributed by atoms with Crippen LogP contribution < -0.4 is 4.74 Å². The highest BCUT2D eigenvalue weighted by atomic mass is 79.9. The molecule has 0 aromatic heterocycles. The number of likely N-dealkylation sites (tertiary alicyclic amines) is 1. The molecule has 1 heterocycles. The fourth-order valence-electron chi connectivity index (χ4n) is 3.24. The van der Waals surface area contributed by atoms with Crippen molar-refractivity contribution in [3.63, 3.8) is 0 Å². The minimum absolute atomic E-state index is 0.0208. The van der Waals surface area contributed by atoms with E-state index in [2.05, 4.69) is 15.9 Å². The van der Waals surface area contributed by atoms with Crippen molar-refractivity contribution < 1.29 is 19.1 Å². The Morgan fingerprint density at radius 1 is 1.29 bits per heavy atom. The monoisotopic (exact) mass is 454 g/mol. The summed E-state index contributed by atoms with van der Waals surface area (Å²) in [4.78, 5) is 28.4. The van der Waals surface area contributed by atoms with Gasteiger partial charge in [0.1, 0.15) is 11.4 Å². The molecule has 2 rings (SSSR count). The lowest BCUT2D eigenvalue weighted by Crippen LogP contribution is -2.48. The molecule has 156 valence electrons. The Morgan fingerprint density at radius 3 is 2.54 bits per heavy atom. The van der Waals surface area contributed by atoms with Crippen LogP contribution in [0.4, 0.5) is 4.79 Å². The fourth-order valence-corrected chi connectivity index (χ4v) is 3.51. The third kappa shape index (κ3) is 7.00. The summed E-state index contributed by atoms with van der Waals surface area (Å²) in [7, 11) is 1.74. The number of hydrogen-bond acceptors (Lipinski definition) is 4. The van der Waals surface area contributed by atoms with E-state index in [0.29, 0.717) is 18.8 Å². The molecular formula is C21H31BrN2O4. The van der Waals surface area contributed by atoms with Crippen LogP contribution in [-0.4, -0.2) is 60.2 Å². The van der Waals surface area contributed by atoms with Gasteiger partial charge in [0.05, 0.1) is 0 Å². The van der Waals surface area contributed by atoms with Crippen molar-refractivity contribution in [2.75, 3.05) is 26.7 Å². The summed E-state index contributed by atoms with van der Waals surface area (Å²) in [6, 6.07) is 7.44. The highest BCUT2D eigenvalue weighted by Gasteiger charge is 2.30. The lowest BCUT2D eigenvalue weighted by molar-refractivity contribution is -0.139. The molecule has 0 N–H and O–H groups in total. The van der Waals surface area contributed by atoms with Gasteiger partial charge in [-0.1, -0.05) is 15.9 Å². The van der Waals surface area contributed by atoms with Gasteiger partial charge in [-0.05, 0) is 70.7 Å². The summed E-state index contributed by atoms with van der Waals surface area (Å²) in [6.07, 6.45) is 1.02. The third-order valence-electron chi connectivity index (χ3n) is 4.54. The number of benzene rings is 1. The summed E-state index contributed by atoms with van der Waals surface area (Å²) in [6.45, 7) is 9.26. The van der Waals surface area contributed by atoms with E-state index in [1.165, 1.54) is 0 Å². The zero-order chi connectivity index (χ0) is 20.9. The molecule has 2 unspecified atom stereocenters. The van der Waals surface area contributed by atoms with Crippen molar-refractivity contribution in [3.8, 4) is 5.75 Å². The molecule has 0 saturated carbocycles. The van der Waals surface area contributed by atoms with Gasteiger partial charge >= 0.3 is 6.09 Å². The van der Waals surface area contributed by atoms with Crippen LogP contribution in [0, 0.1) is 5.92 Å². The SMILES string of the molecule is CC(Oc1ccc(Br)cc1)C(=O)N1CCCC(CN(C)C(=O)OC(C)(C)C)C1. The molecule has 2 atom stereocenters. The van der Waals surface area contributed by atoms with Crippen LogP contribution in [-0.2, 0) is 9.53 Å². The van der Waals surface area contributed by atoms with Gasteiger partial charge in [-0.3, -0.25) is 4.79 Å². The molecular weight excluding hydrogens is 424 g/mol. The van der Waals surface area contributed by atoms with E-state index >= 15 is 0 Å². The fraction of sp³-hybridized carbons (Fsp3) is 0.619. The molecule has 0 bridgehead atoms. The normalized spacial score (nSPS) is 18.4. The average Bonchev–Trinajstić information content (AvgIpc) is 2.61. The first-order chi connectivity index (χ1) is 13.0. The maximum absolute atomic E-state index is 12.8. The standard InChI is InChI=1S/C21H31BrN2O4/c1-15(27-18-10-8-17(22)9-11-18)19(25)24-12-6-7-16(14-24)13-23(5)20(26)28-21(2,3)4/h8-11,15-16H,6-7,12-14H2,1-5H3. The van der Waals surface area contributed by atoms with Crippen LogP contribution >= 0.6 is 15.9 Å². The Hall–Kier alpha value is -1.76. The first-order valence-electron chi connectivity index (χ1n) is 9.70. The smallest absolute Gasteiger partial charge is 0.410 e. The maximum atomic E-state index is 12.8. The highest BCUT2D eigenvalue weighted by Crippen LogP contribution is 2.21. The predicted molar refractivity (Wildman–Crippen MR) is 112 cm³/mol. The molecule has 1 aromatic carbocycles. The number of piperidine rings is 1. The molecule has 6 nitrogen and oxygen atoms in total. The topological polar surface area (TPSA) is 59.1 Å². The van der Waals surface area contributed by atoms with E-state index in [4.69, 9.17) is 9.47 Å². The Kier molecular flexibility index (Phi) is 7.75. The van der Waals surface area contributed by atoms with Crippen LogP contribution in [0.15, 0.2) is 28.7 Å². The number of halogens is 1. The van der Waals surface area contributed by atoms with Gasteiger partial charge in [-0.2, -0.15) is 0 Å². The van der Waals surface area contributed by atoms with E-state index in [9.17, 15) is 9.59 Å². The van der Waals surface area contributed by atoms with E-state index in [-0.39, 0.29) is 17.9 Å². The second-order valence-electron chi connectivity index (χ2n) is 8.37. The number of carbonyl (C=O) groups excluding carboxylic acids is 2. The van der Waals surface area contributed by atoms with E-state index < -0.39 is 11.7 Å². The van der Waals surface area contributed by atoms with E-state index in [1.807, 2.05) is 49.9 Å². The van der Waals surface area contributed by atoms with Gasteiger partial charge in [0.2, 0.25) is 0 Å². The van der Waals surface area contributed by atoms with Crippen molar-refractivity contribution in [2.24, 2.45) is 5.92 Å². The van der Waals surface area contributed by atoms with Crippen molar-refractivity contribution in [2.45, 2.75) is 52.2 Å². The molecule has 28 heavy (non-hydrogen) atoms. The molecule has 1 aliphatic rings. The summed E-state index contributed by atoms with van der Waals surface area (Å²) in [5.74, 6) is 0.880. The summed E-state index contributed by atoms with van der Waals surface area (Å²) in [5, 5.41) is 0. The summed E-state index contributed by atoms with van der Waals surface area (Å²) in [5.41, 5.74) is -0.514. The largest absolute Gasteiger partial charge is 0.481 e. The van der Waals surface area contributed by atoms with Crippen LogP contribution in [0.5, 0.6) is 5.75 Å². The number of rotatable bonds is 5. The van der Waals surface area contributed by atoms with Crippen LogP contribution in [0.25, 0.3) is 0 Å². The molecule has 1 aromatic rings. The molecule has 2 amide bonds. The zero-order valence-corrected chi connectivity index (χ0v) is 19.0. The van der Waals surface area contributed by atoms with Gasteiger partial charge in [-0.15, -0.1) is 0 Å². The number of hydrogen-bond donors (Lipinski definition) is 0. The molecule has 0 aliphatic carbocycles. The minimum atomic E-state index is -0.552. The molecule has 0 radical (unpaired) electrons. The Bertz CT molecular complexity index is 672. The van der Waals surface area contributed by atoms with Gasteiger partial charge in [0.25, 0.3) is 5.91 Å². The molecule has 7 heteroatoms. The lowest BCUT2D eigenvalue weighted by atomic mass is 9.97. The first kappa shape index (κ1) is 22.5. The van der Waals surface area contributed by atoms with Crippen LogP contribution in [0.1, 0.15) is 40.5 Å². The van der Waals surface area contributed by atoms with Crippen molar-refractivity contribution in [1.82, 2.24) is 9.80 Å². The summed E-state index contributed by atoms with van der Waals surface area (Å²) >= 11 is 3.39. The second kappa shape index (κ2) is 9.63. The average molecular weight is 455 g/mol. The maximum Gasteiger partial charge on any atom is 0.410 e. The number of ether oxygens (including phenoxy) is 2. The highest BCUT2D eigenvalue weighted by molar-refractivity contribution is 9.10. The van der Waals surface area contributed by atoms with Crippen LogP contribution in [0.3, 0.4) is 0 Å². The molecule has 1 fully saturated rings. The Labute approximate surface area is 176 Å². The quantitative estimate of drug-likeness (QED) is 0.664. The zero-order valence-electron chi connectivity index (χ0n) is 17.4. The number of amides is 2. The number of carbonyl (C=O) groups is 2. The predicted octanol–water partition coefficient (Wildman–Crippen LogP) is 4.32. The van der Waals surface area contributed by atoms with E-state index in [0.717, 1.165) is 23.9 Å². The molecule has 0 spiro atoms. The second-order valence-corrected chi connectivity index (χ2v) is 9.28.